The SMILES string of the molecule is CC(C)(C)OC(=O)CC[C@@H](CO)NC(=O)[C@@]12C[C@H]3OC(=O)[C@@H]1N(Cc1cccc(I)c1)O[C@@H]2[C@H]1OCO[C@H]13. The fourth-order valence-electron chi connectivity index (χ4n) is 5.86. The van der Waals surface area contributed by atoms with E-state index >= 15 is 0 Å². The van der Waals surface area contributed by atoms with Gasteiger partial charge in [-0.2, -0.15) is 5.06 Å². The van der Waals surface area contributed by atoms with E-state index in [1.54, 1.807) is 20.8 Å². The average molecular weight is 644 g/mol. The third-order valence-corrected chi connectivity index (χ3v) is 8.07. The lowest BCUT2D eigenvalue weighted by molar-refractivity contribution is -0.201. The van der Waals surface area contributed by atoms with Crippen molar-refractivity contribution in [3.63, 3.8) is 0 Å². The molecule has 0 unspecified atom stereocenters. The van der Waals surface area contributed by atoms with E-state index in [4.69, 9.17) is 23.8 Å². The Bertz CT molecular complexity index is 1090. The summed E-state index contributed by atoms with van der Waals surface area (Å²) in [6, 6.07) is 6.04. The van der Waals surface area contributed by atoms with Gasteiger partial charge in [0.2, 0.25) is 5.91 Å². The number of benzene rings is 1. The van der Waals surface area contributed by atoms with E-state index in [0.29, 0.717) is 0 Å². The van der Waals surface area contributed by atoms with Crippen LogP contribution in [0, 0.1) is 8.99 Å². The largest absolute Gasteiger partial charge is 0.460 e. The van der Waals surface area contributed by atoms with E-state index < -0.39 is 65.4 Å². The van der Waals surface area contributed by atoms with Crippen LogP contribution in [0.1, 0.15) is 45.6 Å². The molecule has 208 valence electrons. The molecular weight excluding hydrogens is 611 g/mol. The number of carbonyl (C=O) groups excluding carboxylic acids is 3. The van der Waals surface area contributed by atoms with Crippen LogP contribution < -0.4 is 5.32 Å². The molecule has 1 amide bonds. The number of hydrogen-bond donors (Lipinski definition) is 2. The lowest BCUT2D eigenvalue weighted by atomic mass is 9.62. The zero-order valence-corrected chi connectivity index (χ0v) is 23.7. The summed E-state index contributed by atoms with van der Waals surface area (Å²) < 4.78 is 23.7. The van der Waals surface area contributed by atoms with E-state index in [-0.39, 0.29) is 39.2 Å². The van der Waals surface area contributed by atoms with Crippen molar-refractivity contribution in [2.75, 3.05) is 13.4 Å². The topological polar surface area (TPSA) is 133 Å². The lowest BCUT2D eigenvalue weighted by Crippen LogP contribution is -2.70. The predicted molar refractivity (Wildman–Crippen MR) is 139 cm³/mol. The molecule has 3 aliphatic heterocycles. The number of nitrogens with one attached hydrogen (secondary N) is 1. The van der Waals surface area contributed by atoms with Crippen LogP contribution in [0.2, 0.25) is 0 Å². The van der Waals surface area contributed by atoms with Gasteiger partial charge in [-0.1, -0.05) is 12.1 Å². The highest BCUT2D eigenvalue weighted by atomic mass is 127. The van der Waals surface area contributed by atoms with Gasteiger partial charge in [-0.25, -0.2) is 0 Å². The first-order valence-electron chi connectivity index (χ1n) is 12.8. The molecule has 5 rings (SSSR count). The van der Waals surface area contributed by atoms with Crippen LogP contribution in [0.25, 0.3) is 0 Å². The monoisotopic (exact) mass is 644 g/mol. The molecule has 0 radical (unpaired) electrons. The number of fused-ring (bicyclic) bond motifs is 4. The van der Waals surface area contributed by atoms with Gasteiger partial charge in [0.25, 0.3) is 0 Å². The minimum atomic E-state index is -1.32. The van der Waals surface area contributed by atoms with Crippen LogP contribution in [0.15, 0.2) is 24.3 Å². The number of carbonyl (C=O) groups is 3. The maximum Gasteiger partial charge on any atom is 0.327 e. The summed E-state index contributed by atoms with van der Waals surface area (Å²) in [6.45, 7) is 5.21. The summed E-state index contributed by atoms with van der Waals surface area (Å²) in [5, 5.41) is 14.4. The zero-order chi connectivity index (χ0) is 27.2. The second kappa shape index (κ2) is 10.6. The second-order valence-electron chi connectivity index (χ2n) is 11.2. The van der Waals surface area contributed by atoms with Gasteiger partial charge in [-0.15, -0.1) is 0 Å². The fourth-order valence-corrected chi connectivity index (χ4v) is 6.47. The molecule has 12 heteroatoms. The van der Waals surface area contributed by atoms with Crippen molar-refractivity contribution in [3.8, 4) is 0 Å². The molecule has 2 N–H and O–H groups in total. The number of halogens is 1. The molecule has 2 bridgehead atoms. The number of ether oxygens (including phenoxy) is 4. The number of hydroxylamine groups is 2. The molecule has 1 aromatic rings. The smallest absolute Gasteiger partial charge is 0.327 e. The van der Waals surface area contributed by atoms with Crippen molar-refractivity contribution < 1.29 is 43.3 Å². The number of esters is 2. The zero-order valence-electron chi connectivity index (χ0n) is 21.6. The molecule has 0 aromatic heterocycles. The molecule has 3 saturated heterocycles. The molecule has 11 nitrogen and oxygen atoms in total. The van der Waals surface area contributed by atoms with Crippen LogP contribution in [-0.4, -0.2) is 83.5 Å². The molecule has 4 fully saturated rings. The van der Waals surface area contributed by atoms with Crippen molar-refractivity contribution in [3.05, 3.63) is 33.4 Å². The number of aliphatic hydroxyl groups is 1. The number of aliphatic hydroxyl groups excluding tert-OH is 1. The van der Waals surface area contributed by atoms with Gasteiger partial charge in [0.15, 0.2) is 6.04 Å². The summed E-state index contributed by atoms with van der Waals surface area (Å²) in [4.78, 5) is 46.0. The highest BCUT2D eigenvalue weighted by Gasteiger charge is 2.74. The van der Waals surface area contributed by atoms with Crippen molar-refractivity contribution in [1.29, 1.82) is 0 Å². The highest BCUT2D eigenvalue weighted by molar-refractivity contribution is 14.1. The number of rotatable bonds is 8. The lowest BCUT2D eigenvalue weighted by Gasteiger charge is -2.49. The van der Waals surface area contributed by atoms with Crippen molar-refractivity contribution in [2.24, 2.45) is 5.41 Å². The summed E-state index contributed by atoms with van der Waals surface area (Å²) in [5.74, 6) is -1.43. The Morgan fingerprint density at radius 2 is 2.05 bits per heavy atom. The molecule has 1 saturated carbocycles. The molecule has 7 atom stereocenters. The number of nitrogens with zero attached hydrogens (tertiary/aromatic N) is 1. The van der Waals surface area contributed by atoms with Crippen LogP contribution in [-0.2, 0) is 44.7 Å². The van der Waals surface area contributed by atoms with Gasteiger partial charge in [-0.05, 0) is 67.5 Å². The van der Waals surface area contributed by atoms with E-state index in [1.807, 2.05) is 24.3 Å². The van der Waals surface area contributed by atoms with Gasteiger partial charge < -0.3 is 29.4 Å². The first-order valence-corrected chi connectivity index (χ1v) is 13.8. The summed E-state index contributed by atoms with van der Waals surface area (Å²) >= 11 is 2.21. The molecular formula is C26H33IN2O9. The van der Waals surface area contributed by atoms with Crippen LogP contribution in [0.3, 0.4) is 0 Å². The van der Waals surface area contributed by atoms with E-state index in [9.17, 15) is 19.5 Å². The highest BCUT2D eigenvalue weighted by Crippen LogP contribution is 2.55. The fraction of sp³-hybridized carbons (Fsp3) is 0.654. The summed E-state index contributed by atoms with van der Waals surface area (Å²) in [6.07, 6.45) is -2.22. The van der Waals surface area contributed by atoms with E-state index in [1.165, 1.54) is 5.06 Å². The predicted octanol–water partition coefficient (Wildman–Crippen LogP) is 1.43. The molecule has 1 aliphatic carbocycles. The van der Waals surface area contributed by atoms with Gasteiger partial charge in [-0.3, -0.25) is 19.2 Å². The summed E-state index contributed by atoms with van der Waals surface area (Å²) in [7, 11) is 0. The Balaban J connectivity index is 1.40. The minimum Gasteiger partial charge on any atom is -0.460 e. The minimum absolute atomic E-state index is 0.0116. The normalized spacial score (nSPS) is 32.9. The van der Waals surface area contributed by atoms with Crippen molar-refractivity contribution in [1.82, 2.24) is 10.4 Å². The van der Waals surface area contributed by atoms with Crippen molar-refractivity contribution in [2.45, 2.75) is 88.7 Å². The van der Waals surface area contributed by atoms with E-state index in [2.05, 4.69) is 27.9 Å². The van der Waals surface area contributed by atoms with Gasteiger partial charge in [0, 0.05) is 16.4 Å². The van der Waals surface area contributed by atoms with Crippen LogP contribution >= 0.6 is 22.6 Å². The Labute approximate surface area is 234 Å². The van der Waals surface area contributed by atoms with Gasteiger partial charge in [0.1, 0.15) is 42.2 Å². The maximum absolute atomic E-state index is 14.1. The Kier molecular flexibility index (Phi) is 7.74. The van der Waals surface area contributed by atoms with Gasteiger partial charge in [0.05, 0.1) is 19.2 Å². The quantitative estimate of drug-likeness (QED) is 0.317. The molecule has 4 aliphatic rings. The third-order valence-electron chi connectivity index (χ3n) is 7.39. The van der Waals surface area contributed by atoms with E-state index in [0.717, 1.165) is 9.13 Å². The number of amides is 1. The molecule has 3 heterocycles. The number of hydrogen-bond acceptors (Lipinski definition) is 10. The average Bonchev–Trinajstić information content (AvgIpc) is 3.45. The molecule has 1 aromatic carbocycles. The third kappa shape index (κ3) is 5.18. The van der Waals surface area contributed by atoms with Crippen LogP contribution in [0.4, 0.5) is 0 Å². The molecule has 38 heavy (non-hydrogen) atoms. The molecule has 0 spiro atoms. The Morgan fingerprint density at radius 3 is 2.76 bits per heavy atom. The Hall–Kier alpha value is -1.84. The maximum atomic E-state index is 14.1. The second-order valence-corrected chi connectivity index (χ2v) is 12.5. The van der Waals surface area contributed by atoms with Crippen LogP contribution in [0.5, 0.6) is 0 Å². The standard InChI is InChI=1S/C26H33IN2O9/c1-25(2,3)37-18(31)8-7-16(12-30)28-24(33)26-10-17-19-20(35-13-34-19)22(26)38-29(21(26)23(32)36-17)11-14-5-4-6-15(27)9-14/h4-6,9,16-17,19-22,30H,7-8,10-13H2,1-3H3,(H,28,33)/t16-,17+,19-,20-,21-,22+,26-/m0/s1. The first-order chi connectivity index (χ1) is 18.0. The van der Waals surface area contributed by atoms with Gasteiger partial charge >= 0.3 is 11.9 Å². The van der Waals surface area contributed by atoms with Crippen molar-refractivity contribution >= 4 is 40.4 Å². The first kappa shape index (κ1) is 27.7. The summed E-state index contributed by atoms with van der Waals surface area (Å²) in [5.41, 5.74) is -1.05. The Morgan fingerprint density at radius 1 is 1.29 bits per heavy atom.